The van der Waals surface area contributed by atoms with Crippen LogP contribution in [0.3, 0.4) is 0 Å². The maximum Gasteiger partial charge on any atom is 0.206 e. The maximum atomic E-state index is 10.6. The van der Waals surface area contributed by atoms with Gasteiger partial charge in [-0.3, -0.25) is 9.69 Å². The Bertz CT molecular complexity index is 621. The van der Waals surface area contributed by atoms with Crippen LogP contribution < -0.4 is 16.0 Å². The summed E-state index contributed by atoms with van der Waals surface area (Å²) in [4.78, 5) is 24.8. The molecule has 2 fully saturated rings. The Hall–Kier alpha value is -1.92. The number of rotatable bonds is 9. The molecule has 0 spiro atoms. The molecule has 1 aliphatic carbocycles. The second kappa shape index (κ2) is 14.2. The van der Waals surface area contributed by atoms with Crippen LogP contribution in [0.2, 0.25) is 0 Å². The van der Waals surface area contributed by atoms with E-state index in [9.17, 15) is 4.79 Å². The van der Waals surface area contributed by atoms with Crippen molar-refractivity contribution in [2.45, 2.75) is 63.8 Å². The second-order valence-corrected chi connectivity index (χ2v) is 9.04. The van der Waals surface area contributed by atoms with Crippen molar-refractivity contribution in [2.24, 2.45) is 11.7 Å². The Morgan fingerprint density at radius 1 is 1.06 bits per heavy atom. The molecular formula is C25H42N4O2. The monoisotopic (exact) mass is 430 g/mol. The molecule has 6 nitrogen and oxygen atoms in total. The summed E-state index contributed by atoms with van der Waals surface area (Å²) in [5.74, 6) is 1.35. The summed E-state index contributed by atoms with van der Waals surface area (Å²) in [6.07, 6.45) is 9.70. The van der Waals surface area contributed by atoms with E-state index in [1.54, 1.807) is 7.05 Å². The van der Waals surface area contributed by atoms with Crippen LogP contribution in [0, 0.1) is 5.92 Å². The van der Waals surface area contributed by atoms with Gasteiger partial charge in [0.05, 0.1) is 0 Å². The summed E-state index contributed by atoms with van der Waals surface area (Å²) in [5.41, 5.74) is 8.70. The number of hydrogen-bond acceptors (Lipinski definition) is 5. The largest absolute Gasteiger partial charge is 0.369 e. The van der Waals surface area contributed by atoms with Gasteiger partial charge in [-0.2, -0.15) is 0 Å². The van der Waals surface area contributed by atoms with E-state index in [2.05, 4.69) is 46.3 Å². The first kappa shape index (κ1) is 25.3. The van der Waals surface area contributed by atoms with Gasteiger partial charge in [0.2, 0.25) is 6.41 Å². The van der Waals surface area contributed by atoms with E-state index in [4.69, 9.17) is 10.5 Å². The molecule has 0 radical (unpaired) electrons. The van der Waals surface area contributed by atoms with Crippen molar-refractivity contribution in [3.63, 3.8) is 0 Å². The van der Waals surface area contributed by atoms with Crippen LogP contribution in [-0.2, 0) is 9.59 Å². The Kier molecular flexibility index (Phi) is 11.6. The minimum atomic E-state index is 0.454. The Balaban J connectivity index is 0.000000785. The number of carbonyl (C=O) groups excluding carboxylic acids is 2. The number of hydrogen-bond donors (Lipinski definition) is 2. The van der Waals surface area contributed by atoms with E-state index in [0.717, 1.165) is 31.7 Å². The topological polar surface area (TPSA) is 78.7 Å². The van der Waals surface area contributed by atoms with Gasteiger partial charge >= 0.3 is 0 Å². The van der Waals surface area contributed by atoms with Gasteiger partial charge < -0.3 is 20.7 Å². The highest BCUT2D eigenvalue weighted by atomic mass is 16.1. The summed E-state index contributed by atoms with van der Waals surface area (Å²) in [6.45, 7) is 8.04. The number of nitrogens with one attached hydrogen (secondary N) is 1. The average molecular weight is 431 g/mol. The zero-order valence-electron chi connectivity index (χ0n) is 19.5. The molecule has 174 valence electrons. The molecule has 1 aromatic rings. The lowest BCUT2D eigenvalue weighted by Gasteiger charge is -2.37. The smallest absolute Gasteiger partial charge is 0.206 e. The lowest BCUT2D eigenvalue weighted by atomic mass is 9.84. The summed E-state index contributed by atoms with van der Waals surface area (Å²) in [6, 6.07) is 9.46. The van der Waals surface area contributed by atoms with Gasteiger partial charge in [0, 0.05) is 51.4 Å². The highest BCUT2D eigenvalue weighted by molar-refractivity contribution is 5.50. The molecule has 1 atom stereocenters. The first-order chi connectivity index (χ1) is 15.1. The number of aldehydes is 1. The molecule has 3 rings (SSSR count). The quantitative estimate of drug-likeness (QED) is 0.589. The molecule has 31 heavy (non-hydrogen) atoms. The second-order valence-electron chi connectivity index (χ2n) is 9.04. The third kappa shape index (κ3) is 8.99. The fourth-order valence-electron chi connectivity index (χ4n) is 4.57. The fourth-order valence-corrected chi connectivity index (χ4v) is 4.57. The normalized spacial score (nSPS) is 22.7. The van der Waals surface area contributed by atoms with Crippen LogP contribution in [0.4, 0.5) is 5.69 Å². The zero-order valence-corrected chi connectivity index (χ0v) is 19.5. The van der Waals surface area contributed by atoms with Crippen molar-refractivity contribution in [3.8, 4) is 0 Å². The number of amides is 1. The van der Waals surface area contributed by atoms with E-state index < -0.39 is 0 Å². The Morgan fingerprint density at radius 3 is 2.23 bits per heavy atom. The summed E-state index contributed by atoms with van der Waals surface area (Å²) < 4.78 is 0. The van der Waals surface area contributed by atoms with E-state index >= 15 is 0 Å². The average Bonchev–Trinajstić information content (AvgIpc) is 2.83. The molecule has 3 N–H and O–H groups in total. The molecule has 1 saturated carbocycles. The number of nitrogens with zero attached hydrogens (tertiary/aromatic N) is 2. The number of benzene rings is 1. The van der Waals surface area contributed by atoms with Crippen molar-refractivity contribution in [3.05, 3.63) is 29.8 Å². The molecule has 1 heterocycles. The van der Waals surface area contributed by atoms with E-state index in [1.165, 1.54) is 63.0 Å². The van der Waals surface area contributed by atoms with Crippen LogP contribution in [0.5, 0.6) is 0 Å². The SMILES string of the molecule is CC(CCC=O)c1ccc(N2CCN(CCC3CCC(N)CC3)CC2)cc1.CNC=O. The summed E-state index contributed by atoms with van der Waals surface area (Å²) >= 11 is 0. The molecule has 0 aromatic heterocycles. The zero-order chi connectivity index (χ0) is 22.5. The van der Waals surface area contributed by atoms with Gasteiger partial charge in [-0.1, -0.05) is 19.1 Å². The van der Waals surface area contributed by atoms with Gasteiger partial charge in [0.1, 0.15) is 6.29 Å². The summed E-state index contributed by atoms with van der Waals surface area (Å²) in [7, 11) is 1.56. The van der Waals surface area contributed by atoms with Crippen molar-refractivity contribution >= 4 is 18.4 Å². The minimum Gasteiger partial charge on any atom is -0.369 e. The van der Waals surface area contributed by atoms with Gasteiger partial charge in [-0.15, -0.1) is 0 Å². The minimum absolute atomic E-state index is 0.454. The molecule has 6 heteroatoms. The third-order valence-corrected chi connectivity index (χ3v) is 6.78. The van der Waals surface area contributed by atoms with Crippen molar-refractivity contribution in [1.82, 2.24) is 10.2 Å². The standard InChI is InChI=1S/C23H37N3O.C2H5NO/c1-19(3-2-18-27)21-6-10-23(11-7-21)26-16-14-25(15-17-26)13-12-20-4-8-22(24)9-5-20;1-3-2-4/h6-7,10-11,18-20,22H,2-5,8-9,12-17,24H2,1H3;2H,1H3,(H,3,4). The van der Waals surface area contributed by atoms with Crippen LogP contribution in [0.15, 0.2) is 24.3 Å². The van der Waals surface area contributed by atoms with Gasteiger partial charge in [0.15, 0.2) is 0 Å². The molecular weight excluding hydrogens is 388 g/mol. The third-order valence-electron chi connectivity index (χ3n) is 6.78. The summed E-state index contributed by atoms with van der Waals surface area (Å²) in [5, 5.41) is 2.25. The van der Waals surface area contributed by atoms with Gasteiger partial charge in [0.25, 0.3) is 0 Å². The first-order valence-electron chi connectivity index (χ1n) is 11.9. The lowest BCUT2D eigenvalue weighted by Crippen LogP contribution is -2.47. The number of carbonyl (C=O) groups is 2. The van der Waals surface area contributed by atoms with Gasteiger partial charge in [-0.25, -0.2) is 0 Å². The predicted octanol–water partition coefficient (Wildman–Crippen LogP) is 3.16. The molecule has 0 bridgehead atoms. The van der Waals surface area contributed by atoms with Crippen molar-refractivity contribution in [1.29, 1.82) is 0 Å². The van der Waals surface area contributed by atoms with E-state index in [0.29, 0.717) is 24.8 Å². The Morgan fingerprint density at radius 2 is 1.68 bits per heavy atom. The highest BCUT2D eigenvalue weighted by Crippen LogP contribution is 2.27. The Labute approximate surface area is 188 Å². The van der Waals surface area contributed by atoms with Crippen molar-refractivity contribution < 1.29 is 9.59 Å². The molecule has 1 saturated heterocycles. The van der Waals surface area contributed by atoms with E-state index in [-0.39, 0.29) is 0 Å². The lowest BCUT2D eigenvalue weighted by molar-refractivity contribution is -0.109. The molecule has 1 aromatic carbocycles. The molecule has 1 amide bonds. The number of nitrogens with two attached hydrogens (primary N) is 1. The molecule has 2 aliphatic rings. The van der Waals surface area contributed by atoms with Gasteiger partial charge in [-0.05, 0) is 74.6 Å². The number of anilines is 1. The molecule has 1 unspecified atom stereocenters. The van der Waals surface area contributed by atoms with Crippen LogP contribution in [0.25, 0.3) is 0 Å². The first-order valence-corrected chi connectivity index (χ1v) is 11.9. The van der Waals surface area contributed by atoms with Crippen LogP contribution in [0.1, 0.15) is 63.4 Å². The van der Waals surface area contributed by atoms with E-state index in [1.807, 2.05) is 0 Å². The number of piperazine rings is 1. The highest BCUT2D eigenvalue weighted by Gasteiger charge is 2.21. The van der Waals surface area contributed by atoms with Crippen LogP contribution >= 0.6 is 0 Å². The van der Waals surface area contributed by atoms with Crippen LogP contribution in [-0.4, -0.2) is 63.4 Å². The molecule has 1 aliphatic heterocycles. The van der Waals surface area contributed by atoms with Crippen molar-refractivity contribution in [2.75, 3.05) is 44.7 Å². The maximum absolute atomic E-state index is 10.6. The fraction of sp³-hybridized carbons (Fsp3) is 0.680. The predicted molar refractivity (Wildman–Crippen MR) is 128 cm³/mol.